The highest BCUT2D eigenvalue weighted by molar-refractivity contribution is 5.66. The Hall–Kier alpha value is -1.91. The molecule has 58 valence electrons. The SMILES string of the molecule is O=C=C=C=Nc1ccc(F)cc1. The maximum atomic E-state index is 12.3. The lowest BCUT2D eigenvalue weighted by Crippen LogP contribution is -1.68. The molecule has 0 aromatic heterocycles. The Morgan fingerprint density at radius 1 is 1.25 bits per heavy atom. The summed E-state index contributed by atoms with van der Waals surface area (Å²) in [5, 5.41) is 0. The van der Waals surface area contributed by atoms with Gasteiger partial charge in [0.05, 0.1) is 11.6 Å². The third-order valence-electron chi connectivity index (χ3n) is 1.12. The number of hydrogen-bond donors (Lipinski definition) is 0. The monoisotopic (exact) mass is 161 g/mol. The summed E-state index contributed by atoms with van der Waals surface area (Å²) in [6.45, 7) is 0. The first-order valence-electron chi connectivity index (χ1n) is 3.16. The predicted molar refractivity (Wildman–Crippen MR) is 42.7 cm³/mol. The Kier molecular flexibility index (Phi) is 2.78. The Balaban J connectivity index is 2.99. The van der Waals surface area contributed by atoms with Crippen LogP contribution in [0.1, 0.15) is 0 Å². The quantitative estimate of drug-likeness (QED) is 0.350. The fraction of sp³-hybridized carbons (Fsp3) is 0. The molecule has 0 bridgehead atoms. The largest absolute Gasteiger partial charge is 0.223 e. The van der Waals surface area contributed by atoms with Gasteiger partial charge in [0.2, 0.25) is 0 Å². The standard InChI is InChI=1S/C9H4FNO/c10-8-2-4-9(5-3-8)11-6-1-7-12/h2-5H. The van der Waals surface area contributed by atoms with Crippen LogP contribution in [0.4, 0.5) is 10.1 Å². The third-order valence-corrected chi connectivity index (χ3v) is 1.12. The van der Waals surface area contributed by atoms with Crippen LogP contribution < -0.4 is 0 Å². The Bertz CT molecular complexity index is 377. The molecule has 0 atom stereocenters. The van der Waals surface area contributed by atoms with Crippen LogP contribution in [-0.2, 0) is 4.79 Å². The number of rotatable bonds is 1. The van der Waals surface area contributed by atoms with Crippen molar-refractivity contribution in [1.82, 2.24) is 0 Å². The van der Waals surface area contributed by atoms with Gasteiger partial charge in [-0.2, -0.15) is 4.99 Å². The average Bonchev–Trinajstić information content (AvgIpc) is 2.09. The lowest BCUT2D eigenvalue weighted by molar-refractivity contribution is 0.569. The van der Waals surface area contributed by atoms with Crippen LogP contribution in [0.2, 0.25) is 0 Å². The summed E-state index contributed by atoms with van der Waals surface area (Å²) < 4.78 is 12.3. The van der Waals surface area contributed by atoms with Gasteiger partial charge in [-0.15, -0.1) is 0 Å². The summed E-state index contributed by atoms with van der Waals surface area (Å²) in [6.07, 6.45) is 0. The van der Waals surface area contributed by atoms with Crippen molar-refractivity contribution in [2.24, 2.45) is 4.99 Å². The first-order valence-corrected chi connectivity index (χ1v) is 3.16. The molecule has 0 saturated carbocycles. The molecule has 0 amide bonds. The van der Waals surface area contributed by atoms with E-state index < -0.39 is 0 Å². The van der Waals surface area contributed by atoms with Gasteiger partial charge in [0.1, 0.15) is 5.82 Å². The molecule has 12 heavy (non-hydrogen) atoms. The molecule has 0 spiro atoms. The molecule has 0 unspecified atom stereocenters. The molecule has 0 aliphatic heterocycles. The molecule has 1 rings (SSSR count). The Labute approximate surface area is 68.4 Å². The van der Waals surface area contributed by atoms with E-state index in [4.69, 9.17) is 0 Å². The Morgan fingerprint density at radius 3 is 2.50 bits per heavy atom. The molecule has 0 N–H and O–H groups in total. The topological polar surface area (TPSA) is 29.4 Å². The number of hydrogen-bond acceptors (Lipinski definition) is 2. The van der Waals surface area contributed by atoms with Crippen LogP contribution in [0.25, 0.3) is 0 Å². The fourth-order valence-corrected chi connectivity index (χ4v) is 0.631. The van der Waals surface area contributed by atoms with E-state index in [1.165, 1.54) is 30.2 Å². The van der Waals surface area contributed by atoms with E-state index in [1.54, 1.807) is 0 Å². The van der Waals surface area contributed by atoms with Gasteiger partial charge in [-0.05, 0) is 24.3 Å². The van der Waals surface area contributed by atoms with Gasteiger partial charge in [0, 0.05) is 5.73 Å². The number of halogens is 1. The molecular formula is C9H4FNO. The highest BCUT2D eigenvalue weighted by atomic mass is 19.1. The van der Waals surface area contributed by atoms with Gasteiger partial charge >= 0.3 is 0 Å². The fourth-order valence-electron chi connectivity index (χ4n) is 0.631. The minimum Gasteiger partial charge on any atom is -0.223 e. The van der Waals surface area contributed by atoms with E-state index in [9.17, 15) is 9.18 Å². The number of nitrogens with zero attached hydrogens (tertiary/aromatic N) is 1. The summed E-state index contributed by atoms with van der Waals surface area (Å²) in [7, 11) is 0. The van der Waals surface area contributed by atoms with Gasteiger partial charge in [-0.3, -0.25) is 0 Å². The second kappa shape index (κ2) is 4.07. The van der Waals surface area contributed by atoms with E-state index >= 15 is 0 Å². The van der Waals surface area contributed by atoms with Crippen molar-refractivity contribution < 1.29 is 9.18 Å². The molecule has 0 heterocycles. The van der Waals surface area contributed by atoms with Crippen LogP contribution in [0.3, 0.4) is 0 Å². The van der Waals surface area contributed by atoms with Crippen LogP contribution >= 0.6 is 0 Å². The van der Waals surface area contributed by atoms with Crippen molar-refractivity contribution in [3.8, 4) is 0 Å². The maximum absolute atomic E-state index is 12.3. The van der Waals surface area contributed by atoms with Gasteiger partial charge in [-0.25, -0.2) is 9.18 Å². The van der Waals surface area contributed by atoms with Crippen LogP contribution in [0.5, 0.6) is 0 Å². The molecule has 2 nitrogen and oxygen atoms in total. The number of aliphatic imine (C=N–C) groups is 1. The highest BCUT2D eigenvalue weighted by Gasteiger charge is 1.87. The zero-order valence-corrected chi connectivity index (χ0v) is 6.04. The normalized spacial score (nSPS) is 7.75. The van der Waals surface area contributed by atoms with Crippen molar-refractivity contribution >= 4 is 17.5 Å². The first kappa shape index (κ1) is 8.19. The van der Waals surface area contributed by atoms with Gasteiger partial charge in [0.15, 0.2) is 5.94 Å². The van der Waals surface area contributed by atoms with E-state index in [2.05, 4.69) is 10.9 Å². The lowest BCUT2D eigenvalue weighted by atomic mass is 10.3. The van der Waals surface area contributed by atoms with Crippen molar-refractivity contribution in [2.75, 3.05) is 0 Å². The molecule has 0 aliphatic carbocycles. The van der Waals surface area contributed by atoms with Crippen molar-refractivity contribution in [3.05, 3.63) is 35.8 Å². The molecule has 1 aromatic carbocycles. The predicted octanol–water partition coefficient (Wildman–Crippen LogP) is 1.67. The minimum absolute atomic E-state index is 0.330. The zero-order chi connectivity index (χ0) is 8.81. The molecular weight excluding hydrogens is 157 g/mol. The van der Waals surface area contributed by atoms with Crippen molar-refractivity contribution in [2.45, 2.75) is 0 Å². The van der Waals surface area contributed by atoms with E-state index in [-0.39, 0.29) is 5.82 Å². The summed E-state index contributed by atoms with van der Waals surface area (Å²) in [4.78, 5) is 13.3. The van der Waals surface area contributed by atoms with E-state index in [0.29, 0.717) is 5.69 Å². The number of carbonyl (C=O) groups excluding carboxylic acids is 1. The third kappa shape index (κ3) is 2.37. The van der Waals surface area contributed by atoms with Gasteiger partial charge < -0.3 is 0 Å². The van der Waals surface area contributed by atoms with Crippen LogP contribution in [0, 0.1) is 5.82 Å². The molecule has 0 aliphatic rings. The summed E-state index contributed by atoms with van der Waals surface area (Å²) in [6, 6.07) is 5.47. The van der Waals surface area contributed by atoms with Crippen LogP contribution in [-0.4, -0.2) is 11.8 Å². The second-order valence-electron chi connectivity index (χ2n) is 1.93. The highest BCUT2D eigenvalue weighted by Crippen LogP contribution is 2.10. The second-order valence-corrected chi connectivity index (χ2v) is 1.93. The smallest absolute Gasteiger partial charge is 0.187 e. The lowest BCUT2D eigenvalue weighted by Gasteiger charge is -1.87. The molecule has 0 fully saturated rings. The summed E-state index contributed by atoms with van der Waals surface area (Å²) >= 11 is 0. The number of benzene rings is 1. The maximum Gasteiger partial charge on any atom is 0.187 e. The van der Waals surface area contributed by atoms with E-state index in [1.807, 2.05) is 5.73 Å². The molecule has 0 saturated heterocycles. The molecule has 0 radical (unpaired) electrons. The van der Waals surface area contributed by atoms with E-state index in [0.717, 1.165) is 0 Å². The summed E-state index contributed by atoms with van der Waals surface area (Å²) in [5.74, 6) is 3.24. The van der Waals surface area contributed by atoms with Crippen molar-refractivity contribution in [3.63, 3.8) is 0 Å². The first-order chi connectivity index (χ1) is 5.83. The van der Waals surface area contributed by atoms with Gasteiger partial charge in [-0.1, -0.05) is 0 Å². The summed E-state index contributed by atoms with van der Waals surface area (Å²) in [5.41, 5.74) is 2.51. The van der Waals surface area contributed by atoms with Gasteiger partial charge in [0.25, 0.3) is 0 Å². The zero-order valence-electron chi connectivity index (χ0n) is 6.04. The average molecular weight is 161 g/mol. The van der Waals surface area contributed by atoms with Crippen LogP contribution in [0.15, 0.2) is 35.0 Å². The molecule has 1 aromatic rings. The minimum atomic E-state index is -0.330. The molecule has 3 heteroatoms. The van der Waals surface area contributed by atoms with Crippen molar-refractivity contribution in [1.29, 1.82) is 0 Å². The Morgan fingerprint density at radius 2 is 1.92 bits per heavy atom.